The van der Waals surface area contributed by atoms with Crippen LogP contribution in [-0.4, -0.2) is 27.5 Å². The number of furan rings is 1. The number of likely N-dealkylation sites (tertiary alicyclic amines) is 1. The van der Waals surface area contributed by atoms with Crippen molar-refractivity contribution in [3.05, 3.63) is 47.6 Å². The standard InChI is InChI=1S/C16H14FN3O3/c1-9-18-15(19-23-9)13-3-2-7-20(13)16(21)11-4-5-12(17)14-10(11)6-8-22-14/h4-6,8,13H,2-3,7H2,1H3. The number of aryl methyl sites for hydroxylation is 1. The van der Waals surface area contributed by atoms with Gasteiger partial charge in [0.1, 0.15) is 0 Å². The first kappa shape index (κ1) is 13.9. The first-order chi connectivity index (χ1) is 11.1. The van der Waals surface area contributed by atoms with Crippen LogP contribution in [0.1, 0.15) is 41.0 Å². The topological polar surface area (TPSA) is 72.4 Å². The molecule has 0 bridgehead atoms. The predicted molar refractivity (Wildman–Crippen MR) is 78.2 cm³/mol. The van der Waals surface area contributed by atoms with E-state index in [1.165, 1.54) is 18.4 Å². The van der Waals surface area contributed by atoms with Crippen LogP contribution in [0.5, 0.6) is 0 Å². The first-order valence-corrected chi connectivity index (χ1v) is 7.42. The van der Waals surface area contributed by atoms with Crippen molar-refractivity contribution in [2.24, 2.45) is 0 Å². The van der Waals surface area contributed by atoms with Crippen LogP contribution in [0.15, 0.2) is 33.4 Å². The molecule has 1 fully saturated rings. The van der Waals surface area contributed by atoms with Gasteiger partial charge in [-0.2, -0.15) is 4.98 Å². The van der Waals surface area contributed by atoms with E-state index in [0.717, 1.165) is 12.8 Å². The highest BCUT2D eigenvalue weighted by atomic mass is 19.1. The molecule has 1 atom stereocenters. The number of nitrogens with zero attached hydrogens (tertiary/aromatic N) is 3. The van der Waals surface area contributed by atoms with Gasteiger partial charge in [-0.15, -0.1) is 0 Å². The van der Waals surface area contributed by atoms with Gasteiger partial charge in [0.2, 0.25) is 5.89 Å². The van der Waals surface area contributed by atoms with Crippen LogP contribution in [0.25, 0.3) is 11.0 Å². The van der Waals surface area contributed by atoms with Crippen LogP contribution in [0, 0.1) is 12.7 Å². The van der Waals surface area contributed by atoms with Crippen LogP contribution in [0.3, 0.4) is 0 Å². The number of benzene rings is 1. The van der Waals surface area contributed by atoms with Crippen LogP contribution < -0.4 is 0 Å². The van der Waals surface area contributed by atoms with Crippen molar-refractivity contribution < 1.29 is 18.1 Å². The van der Waals surface area contributed by atoms with E-state index in [9.17, 15) is 9.18 Å². The summed E-state index contributed by atoms with van der Waals surface area (Å²) in [5.74, 6) is 0.326. The lowest BCUT2D eigenvalue weighted by Crippen LogP contribution is -2.31. The van der Waals surface area contributed by atoms with E-state index in [1.54, 1.807) is 17.9 Å². The lowest BCUT2D eigenvalue weighted by atomic mass is 10.1. The first-order valence-electron chi connectivity index (χ1n) is 7.42. The Balaban J connectivity index is 1.72. The zero-order valence-corrected chi connectivity index (χ0v) is 12.5. The highest BCUT2D eigenvalue weighted by Gasteiger charge is 2.34. The van der Waals surface area contributed by atoms with Crippen molar-refractivity contribution >= 4 is 16.9 Å². The van der Waals surface area contributed by atoms with Gasteiger partial charge in [-0.1, -0.05) is 5.16 Å². The number of amides is 1. The molecule has 4 rings (SSSR count). The van der Waals surface area contributed by atoms with Gasteiger partial charge in [0.15, 0.2) is 17.2 Å². The molecule has 1 amide bonds. The summed E-state index contributed by atoms with van der Waals surface area (Å²) in [5, 5.41) is 4.41. The van der Waals surface area contributed by atoms with E-state index in [2.05, 4.69) is 10.1 Å². The number of rotatable bonds is 2. The van der Waals surface area contributed by atoms with E-state index in [1.807, 2.05) is 0 Å². The number of carbonyl (C=O) groups is 1. The van der Waals surface area contributed by atoms with E-state index in [4.69, 9.17) is 8.94 Å². The lowest BCUT2D eigenvalue weighted by Gasteiger charge is -2.22. The molecule has 0 N–H and O–H groups in total. The highest BCUT2D eigenvalue weighted by Crippen LogP contribution is 2.33. The van der Waals surface area contributed by atoms with Crippen molar-refractivity contribution in [3.63, 3.8) is 0 Å². The molecule has 3 heterocycles. The fourth-order valence-electron chi connectivity index (χ4n) is 3.10. The molecule has 2 aromatic heterocycles. The normalized spacial score (nSPS) is 18.0. The molecule has 1 aliphatic rings. The Morgan fingerprint density at radius 3 is 3.04 bits per heavy atom. The quantitative estimate of drug-likeness (QED) is 0.726. The molecule has 7 heteroatoms. The van der Waals surface area contributed by atoms with Gasteiger partial charge in [0, 0.05) is 18.9 Å². The molecular formula is C16H14FN3O3. The Labute approximate surface area is 130 Å². The third kappa shape index (κ3) is 2.19. The molecular weight excluding hydrogens is 301 g/mol. The SMILES string of the molecule is Cc1nc(C2CCCN2C(=O)c2ccc(F)c3occc23)no1. The molecule has 6 nitrogen and oxygen atoms in total. The summed E-state index contributed by atoms with van der Waals surface area (Å²) in [7, 11) is 0. The van der Waals surface area contributed by atoms with Gasteiger partial charge in [-0.05, 0) is 31.0 Å². The molecule has 0 radical (unpaired) electrons. The Hall–Kier alpha value is -2.70. The maximum atomic E-state index is 13.7. The second-order valence-corrected chi connectivity index (χ2v) is 5.59. The Kier molecular flexibility index (Phi) is 3.14. The fraction of sp³-hybridized carbons (Fsp3) is 0.312. The number of aromatic nitrogens is 2. The van der Waals surface area contributed by atoms with Crippen molar-refractivity contribution in [1.29, 1.82) is 0 Å². The van der Waals surface area contributed by atoms with E-state index in [-0.39, 0.29) is 17.5 Å². The molecule has 3 aromatic rings. The van der Waals surface area contributed by atoms with Crippen molar-refractivity contribution in [3.8, 4) is 0 Å². The van der Waals surface area contributed by atoms with Gasteiger partial charge >= 0.3 is 0 Å². The lowest BCUT2D eigenvalue weighted by molar-refractivity contribution is 0.0730. The smallest absolute Gasteiger partial charge is 0.255 e. The maximum absolute atomic E-state index is 13.7. The van der Waals surface area contributed by atoms with E-state index >= 15 is 0 Å². The number of carbonyl (C=O) groups excluding carboxylic acids is 1. The summed E-state index contributed by atoms with van der Waals surface area (Å²) in [6.45, 7) is 2.32. The van der Waals surface area contributed by atoms with Gasteiger partial charge in [0.25, 0.3) is 5.91 Å². The summed E-state index contributed by atoms with van der Waals surface area (Å²) in [6, 6.07) is 4.14. The molecule has 1 saturated heterocycles. The molecule has 0 spiro atoms. The van der Waals surface area contributed by atoms with Crippen LogP contribution in [0.4, 0.5) is 4.39 Å². The zero-order chi connectivity index (χ0) is 16.0. The van der Waals surface area contributed by atoms with E-state index < -0.39 is 5.82 Å². The molecule has 118 valence electrons. The summed E-state index contributed by atoms with van der Waals surface area (Å²) < 4.78 is 23.9. The van der Waals surface area contributed by atoms with Gasteiger partial charge in [-0.25, -0.2) is 4.39 Å². The minimum atomic E-state index is -0.478. The Morgan fingerprint density at radius 2 is 2.26 bits per heavy atom. The number of fused-ring (bicyclic) bond motifs is 1. The average Bonchev–Trinajstić information content (AvgIpc) is 3.26. The monoisotopic (exact) mass is 315 g/mol. The van der Waals surface area contributed by atoms with Crippen LogP contribution in [-0.2, 0) is 0 Å². The predicted octanol–water partition coefficient (Wildman–Crippen LogP) is 3.24. The number of hydrogen-bond acceptors (Lipinski definition) is 5. The summed E-state index contributed by atoms with van der Waals surface area (Å²) >= 11 is 0. The van der Waals surface area contributed by atoms with Crippen molar-refractivity contribution in [2.45, 2.75) is 25.8 Å². The molecule has 1 aromatic carbocycles. The molecule has 23 heavy (non-hydrogen) atoms. The second kappa shape index (κ2) is 5.19. The molecule has 0 aliphatic carbocycles. The summed E-state index contributed by atoms with van der Waals surface area (Å²) in [4.78, 5) is 18.9. The molecule has 1 aliphatic heterocycles. The fourth-order valence-corrected chi connectivity index (χ4v) is 3.10. The Morgan fingerprint density at radius 1 is 1.39 bits per heavy atom. The summed E-state index contributed by atoms with van der Waals surface area (Å²) in [6.07, 6.45) is 3.02. The third-order valence-electron chi connectivity index (χ3n) is 4.15. The largest absolute Gasteiger partial charge is 0.461 e. The van der Waals surface area contributed by atoms with Crippen LogP contribution >= 0.6 is 0 Å². The van der Waals surface area contributed by atoms with Crippen LogP contribution in [0.2, 0.25) is 0 Å². The maximum Gasteiger partial charge on any atom is 0.255 e. The highest BCUT2D eigenvalue weighted by molar-refractivity contribution is 6.06. The Bertz CT molecular complexity index is 886. The van der Waals surface area contributed by atoms with Gasteiger partial charge in [-0.3, -0.25) is 4.79 Å². The van der Waals surface area contributed by atoms with Gasteiger partial charge in [0.05, 0.1) is 17.9 Å². The molecule has 0 saturated carbocycles. The second-order valence-electron chi connectivity index (χ2n) is 5.59. The number of halogens is 1. The number of hydrogen-bond donors (Lipinski definition) is 0. The van der Waals surface area contributed by atoms with Crippen molar-refractivity contribution in [2.75, 3.05) is 6.54 Å². The van der Waals surface area contributed by atoms with Gasteiger partial charge < -0.3 is 13.8 Å². The minimum Gasteiger partial charge on any atom is -0.461 e. The molecule has 1 unspecified atom stereocenters. The van der Waals surface area contributed by atoms with E-state index in [0.29, 0.717) is 29.2 Å². The third-order valence-corrected chi connectivity index (χ3v) is 4.15. The zero-order valence-electron chi connectivity index (χ0n) is 12.5. The van der Waals surface area contributed by atoms with Crippen molar-refractivity contribution in [1.82, 2.24) is 15.0 Å². The minimum absolute atomic E-state index is 0.0991. The summed E-state index contributed by atoms with van der Waals surface area (Å²) in [5.41, 5.74) is 0.518. The average molecular weight is 315 g/mol.